The second-order valence-corrected chi connectivity index (χ2v) is 3.98. The van der Waals surface area contributed by atoms with Crippen LogP contribution in [-0.4, -0.2) is 32.8 Å². The molecule has 0 saturated heterocycles. The van der Waals surface area contributed by atoms with Crippen LogP contribution in [0.2, 0.25) is 0 Å². The first-order valence-corrected chi connectivity index (χ1v) is 5.21. The average Bonchev–Trinajstić information content (AvgIpc) is 2.71. The summed E-state index contributed by atoms with van der Waals surface area (Å²) < 4.78 is 6.61. The number of rotatable bonds is 3. The van der Waals surface area contributed by atoms with E-state index in [0.717, 1.165) is 5.69 Å². The Morgan fingerprint density at radius 1 is 1.47 bits per heavy atom. The summed E-state index contributed by atoms with van der Waals surface area (Å²) in [7, 11) is 1.47. The Labute approximate surface area is 97.9 Å². The first-order valence-electron chi connectivity index (χ1n) is 5.21. The van der Waals surface area contributed by atoms with Gasteiger partial charge in [0.1, 0.15) is 0 Å². The van der Waals surface area contributed by atoms with Gasteiger partial charge in [-0.3, -0.25) is 0 Å². The molecule has 6 nitrogen and oxygen atoms in total. The molecular weight excluding hydrogens is 222 g/mol. The highest BCUT2D eigenvalue weighted by molar-refractivity contribution is 5.86. The van der Waals surface area contributed by atoms with E-state index in [1.54, 1.807) is 6.07 Å². The Hall–Kier alpha value is -2.11. The monoisotopic (exact) mass is 235 g/mol. The minimum atomic E-state index is -1.09. The van der Waals surface area contributed by atoms with Gasteiger partial charge in [0, 0.05) is 12.1 Å². The van der Waals surface area contributed by atoms with Crippen molar-refractivity contribution in [3.8, 4) is 5.88 Å². The molecule has 0 amide bonds. The molecule has 0 bridgehead atoms. The molecule has 2 heterocycles. The highest BCUT2D eigenvalue weighted by Crippen LogP contribution is 2.19. The standard InChI is InChI=1S/C11H13N3O3/c1-6(2)7-4-9-12-8(11(15)16)5-10(17-3)14(9)13-7/h4-6H,1-3H3,(H,15,16). The van der Waals surface area contributed by atoms with Crippen LogP contribution in [0.25, 0.3) is 5.65 Å². The largest absolute Gasteiger partial charge is 0.481 e. The van der Waals surface area contributed by atoms with Crippen LogP contribution < -0.4 is 4.74 Å². The number of hydrogen-bond acceptors (Lipinski definition) is 4. The molecule has 2 aromatic heterocycles. The molecule has 0 spiro atoms. The van der Waals surface area contributed by atoms with E-state index in [4.69, 9.17) is 9.84 Å². The zero-order chi connectivity index (χ0) is 12.6. The van der Waals surface area contributed by atoms with Gasteiger partial charge in [-0.25, -0.2) is 9.78 Å². The molecule has 0 fully saturated rings. The molecule has 1 N–H and O–H groups in total. The van der Waals surface area contributed by atoms with E-state index in [1.165, 1.54) is 17.7 Å². The van der Waals surface area contributed by atoms with Crippen molar-refractivity contribution in [3.05, 3.63) is 23.5 Å². The Kier molecular flexibility index (Phi) is 2.71. The van der Waals surface area contributed by atoms with E-state index >= 15 is 0 Å². The van der Waals surface area contributed by atoms with Gasteiger partial charge in [0.15, 0.2) is 11.3 Å². The number of aromatic carboxylic acids is 1. The normalized spacial score (nSPS) is 11.1. The Balaban J connectivity index is 2.69. The lowest BCUT2D eigenvalue weighted by Crippen LogP contribution is -2.05. The molecule has 0 atom stereocenters. The van der Waals surface area contributed by atoms with Crippen LogP contribution in [0.15, 0.2) is 12.1 Å². The fourth-order valence-corrected chi connectivity index (χ4v) is 1.50. The van der Waals surface area contributed by atoms with E-state index in [9.17, 15) is 4.79 Å². The van der Waals surface area contributed by atoms with Crippen LogP contribution in [0.3, 0.4) is 0 Å². The third-order valence-electron chi connectivity index (χ3n) is 2.43. The van der Waals surface area contributed by atoms with Gasteiger partial charge in [0.25, 0.3) is 0 Å². The Morgan fingerprint density at radius 2 is 2.18 bits per heavy atom. The number of methoxy groups -OCH3 is 1. The predicted octanol–water partition coefficient (Wildman–Crippen LogP) is 1.56. The molecule has 0 radical (unpaired) electrons. The summed E-state index contributed by atoms with van der Waals surface area (Å²) in [5, 5.41) is 13.3. The molecule has 0 aliphatic carbocycles. The van der Waals surface area contributed by atoms with E-state index in [2.05, 4.69) is 10.1 Å². The number of hydrogen-bond donors (Lipinski definition) is 1. The van der Waals surface area contributed by atoms with Crippen molar-refractivity contribution < 1.29 is 14.6 Å². The summed E-state index contributed by atoms with van der Waals surface area (Å²) in [6.45, 7) is 4.01. The van der Waals surface area contributed by atoms with Crippen LogP contribution in [0, 0.1) is 0 Å². The van der Waals surface area contributed by atoms with Crippen LogP contribution in [0.1, 0.15) is 35.9 Å². The van der Waals surface area contributed by atoms with Gasteiger partial charge in [-0.15, -0.1) is 0 Å². The van der Waals surface area contributed by atoms with Gasteiger partial charge in [-0.2, -0.15) is 9.61 Å². The Bertz CT molecular complexity index is 575. The van der Waals surface area contributed by atoms with Gasteiger partial charge < -0.3 is 9.84 Å². The number of nitrogens with zero attached hydrogens (tertiary/aromatic N) is 3. The second kappa shape index (κ2) is 4.04. The molecule has 6 heteroatoms. The summed E-state index contributed by atoms with van der Waals surface area (Å²) in [4.78, 5) is 14.9. The smallest absolute Gasteiger partial charge is 0.354 e. The Morgan fingerprint density at radius 3 is 2.71 bits per heavy atom. The van der Waals surface area contributed by atoms with Crippen molar-refractivity contribution in [1.82, 2.24) is 14.6 Å². The van der Waals surface area contributed by atoms with E-state index in [0.29, 0.717) is 11.5 Å². The highest BCUT2D eigenvalue weighted by Gasteiger charge is 2.14. The number of carboxylic acid groups (broad SMARTS) is 1. The molecule has 17 heavy (non-hydrogen) atoms. The van der Waals surface area contributed by atoms with Gasteiger partial charge in [-0.05, 0) is 5.92 Å². The lowest BCUT2D eigenvalue weighted by Gasteiger charge is -2.03. The molecule has 0 saturated carbocycles. The maximum absolute atomic E-state index is 10.9. The van der Waals surface area contributed by atoms with Crippen LogP contribution in [0.4, 0.5) is 0 Å². The number of aromatic nitrogens is 3. The maximum atomic E-state index is 10.9. The first-order chi connectivity index (χ1) is 8.02. The lowest BCUT2D eigenvalue weighted by molar-refractivity contribution is 0.0690. The number of fused-ring (bicyclic) bond motifs is 1. The van der Waals surface area contributed by atoms with Crippen molar-refractivity contribution in [1.29, 1.82) is 0 Å². The summed E-state index contributed by atoms with van der Waals surface area (Å²) in [6, 6.07) is 3.12. The second-order valence-electron chi connectivity index (χ2n) is 3.98. The highest BCUT2D eigenvalue weighted by atomic mass is 16.5. The third-order valence-corrected chi connectivity index (χ3v) is 2.43. The number of carbonyl (C=O) groups is 1. The summed E-state index contributed by atoms with van der Waals surface area (Å²) in [5.74, 6) is -0.480. The minimum absolute atomic E-state index is 0.0513. The molecular formula is C11H13N3O3. The summed E-state index contributed by atoms with van der Waals surface area (Å²) in [5.41, 5.74) is 1.27. The number of carboxylic acids is 1. The van der Waals surface area contributed by atoms with Crippen molar-refractivity contribution >= 4 is 11.6 Å². The van der Waals surface area contributed by atoms with Crippen molar-refractivity contribution in [2.45, 2.75) is 19.8 Å². The van der Waals surface area contributed by atoms with E-state index in [1.807, 2.05) is 13.8 Å². The minimum Gasteiger partial charge on any atom is -0.481 e. The first kappa shape index (κ1) is 11.4. The molecule has 0 aliphatic rings. The van der Waals surface area contributed by atoms with E-state index in [-0.39, 0.29) is 11.6 Å². The summed E-state index contributed by atoms with van der Waals surface area (Å²) >= 11 is 0. The SMILES string of the molecule is COc1cc(C(=O)O)nc2cc(C(C)C)nn12. The lowest BCUT2D eigenvalue weighted by atomic mass is 10.1. The average molecular weight is 235 g/mol. The zero-order valence-corrected chi connectivity index (χ0v) is 9.84. The van der Waals surface area contributed by atoms with Crippen molar-refractivity contribution in [2.75, 3.05) is 7.11 Å². The molecule has 0 aliphatic heterocycles. The van der Waals surface area contributed by atoms with E-state index < -0.39 is 5.97 Å². The summed E-state index contributed by atoms with van der Waals surface area (Å²) in [6.07, 6.45) is 0. The van der Waals surface area contributed by atoms with Crippen molar-refractivity contribution in [2.24, 2.45) is 0 Å². The van der Waals surface area contributed by atoms with Gasteiger partial charge in [0.2, 0.25) is 5.88 Å². The predicted molar refractivity (Wildman–Crippen MR) is 60.6 cm³/mol. The van der Waals surface area contributed by atoms with Crippen molar-refractivity contribution in [3.63, 3.8) is 0 Å². The molecule has 0 unspecified atom stereocenters. The quantitative estimate of drug-likeness (QED) is 0.873. The van der Waals surface area contributed by atoms with Gasteiger partial charge >= 0.3 is 5.97 Å². The molecule has 90 valence electrons. The number of ether oxygens (including phenoxy) is 1. The van der Waals surface area contributed by atoms with Crippen LogP contribution >= 0.6 is 0 Å². The van der Waals surface area contributed by atoms with Gasteiger partial charge in [-0.1, -0.05) is 13.8 Å². The third kappa shape index (κ3) is 1.93. The van der Waals surface area contributed by atoms with Crippen LogP contribution in [0.5, 0.6) is 5.88 Å². The zero-order valence-electron chi connectivity index (χ0n) is 9.84. The molecule has 0 aromatic carbocycles. The molecule has 2 rings (SSSR count). The fraction of sp³-hybridized carbons (Fsp3) is 0.364. The van der Waals surface area contributed by atoms with Gasteiger partial charge in [0.05, 0.1) is 12.8 Å². The topological polar surface area (TPSA) is 76.7 Å². The molecule has 2 aromatic rings. The maximum Gasteiger partial charge on any atom is 0.354 e. The fourth-order valence-electron chi connectivity index (χ4n) is 1.50. The van der Waals surface area contributed by atoms with Crippen LogP contribution in [-0.2, 0) is 0 Å².